The molecule has 0 aliphatic carbocycles. The fourth-order valence-corrected chi connectivity index (χ4v) is 3.38. The Morgan fingerprint density at radius 3 is 3.00 bits per heavy atom. The normalized spacial score (nSPS) is 19.8. The zero-order chi connectivity index (χ0) is 17.8. The Morgan fingerprint density at radius 2 is 2.20 bits per heavy atom. The number of anilines is 1. The number of hydrogen-bond acceptors (Lipinski definition) is 4. The molecule has 2 amide bonds. The quantitative estimate of drug-likeness (QED) is 0.890. The highest BCUT2D eigenvalue weighted by molar-refractivity contribution is 5.96. The highest BCUT2D eigenvalue weighted by atomic mass is 16.5. The summed E-state index contributed by atoms with van der Waals surface area (Å²) in [6, 6.07) is 3.76. The number of likely N-dealkylation sites (tertiary alicyclic amines) is 1. The minimum Gasteiger partial charge on any atom is -0.492 e. The van der Waals surface area contributed by atoms with Crippen molar-refractivity contribution >= 4 is 17.5 Å². The molecular formula is C19H26N2O4. The number of ether oxygens (including phenoxy) is 2. The molecule has 1 N–H and O–H groups in total. The molecule has 0 saturated carbocycles. The number of benzene rings is 1. The molecule has 1 aromatic rings. The van der Waals surface area contributed by atoms with Crippen LogP contribution in [0.1, 0.15) is 45.1 Å². The molecule has 2 heterocycles. The zero-order valence-electron chi connectivity index (χ0n) is 15.0. The molecule has 1 unspecified atom stereocenters. The first-order valence-electron chi connectivity index (χ1n) is 9.11. The minimum atomic E-state index is -0.206. The molecule has 0 bridgehead atoms. The maximum absolute atomic E-state index is 12.5. The lowest BCUT2D eigenvalue weighted by atomic mass is 10.1. The van der Waals surface area contributed by atoms with Gasteiger partial charge in [0.05, 0.1) is 18.8 Å². The molecule has 1 saturated heterocycles. The molecular weight excluding hydrogens is 320 g/mol. The number of rotatable bonds is 5. The van der Waals surface area contributed by atoms with Gasteiger partial charge in [0.25, 0.3) is 0 Å². The third kappa shape index (κ3) is 4.24. The van der Waals surface area contributed by atoms with Crippen LogP contribution in [0.5, 0.6) is 11.5 Å². The summed E-state index contributed by atoms with van der Waals surface area (Å²) in [6.45, 7) is 5.17. The van der Waals surface area contributed by atoms with Crippen LogP contribution >= 0.6 is 0 Å². The first kappa shape index (κ1) is 17.6. The summed E-state index contributed by atoms with van der Waals surface area (Å²) in [5.41, 5.74) is 1.69. The molecule has 1 aromatic carbocycles. The van der Waals surface area contributed by atoms with Gasteiger partial charge in [-0.3, -0.25) is 9.59 Å². The van der Waals surface area contributed by atoms with E-state index < -0.39 is 0 Å². The lowest BCUT2D eigenvalue weighted by Gasteiger charge is -2.20. The van der Waals surface area contributed by atoms with Crippen LogP contribution in [0.4, 0.5) is 5.69 Å². The molecule has 0 spiro atoms. The number of hydrogen-bond donors (Lipinski definition) is 1. The first-order valence-corrected chi connectivity index (χ1v) is 9.11. The number of nitrogens with one attached hydrogen (secondary N) is 1. The van der Waals surface area contributed by atoms with Crippen LogP contribution in [-0.4, -0.2) is 42.5 Å². The van der Waals surface area contributed by atoms with Gasteiger partial charge in [-0.1, -0.05) is 6.42 Å². The van der Waals surface area contributed by atoms with Crippen molar-refractivity contribution in [2.45, 2.75) is 52.1 Å². The van der Waals surface area contributed by atoms with Gasteiger partial charge in [0.1, 0.15) is 17.6 Å². The molecule has 6 nitrogen and oxygen atoms in total. The molecule has 25 heavy (non-hydrogen) atoms. The standard InChI is InChI=1S/C19H26N2O4/c1-3-24-17-10-14-9-13(2)25-16(14)11-15(17)20-18(22)12-21-8-6-4-5-7-19(21)23/h10-11,13H,3-9,12H2,1-2H3,(H,20,22). The Kier molecular flexibility index (Phi) is 5.46. The zero-order valence-corrected chi connectivity index (χ0v) is 15.0. The Labute approximate surface area is 148 Å². The number of fused-ring (bicyclic) bond motifs is 1. The van der Waals surface area contributed by atoms with Gasteiger partial charge < -0.3 is 19.7 Å². The van der Waals surface area contributed by atoms with Crippen molar-refractivity contribution in [3.63, 3.8) is 0 Å². The Morgan fingerprint density at radius 1 is 1.36 bits per heavy atom. The molecule has 1 atom stereocenters. The van der Waals surface area contributed by atoms with Crippen LogP contribution in [0.25, 0.3) is 0 Å². The second kappa shape index (κ2) is 7.76. The lowest BCUT2D eigenvalue weighted by molar-refractivity contribution is -0.134. The molecule has 0 aromatic heterocycles. The topological polar surface area (TPSA) is 67.9 Å². The second-order valence-electron chi connectivity index (χ2n) is 6.70. The first-order chi connectivity index (χ1) is 12.1. The number of nitrogens with zero attached hydrogens (tertiary/aromatic N) is 1. The molecule has 136 valence electrons. The van der Waals surface area contributed by atoms with Crippen molar-refractivity contribution in [3.05, 3.63) is 17.7 Å². The Balaban J connectivity index is 1.71. The van der Waals surface area contributed by atoms with E-state index in [1.54, 1.807) is 4.90 Å². The van der Waals surface area contributed by atoms with Gasteiger partial charge in [-0.05, 0) is 32.8 Å². The third-order valence-electron chi connectivity index (χ3n) is 4.58. The summed E-state index contributed by atoms with van der Waals surface area (Å²) in [6.07, 6.45) is 4.40. The summed E-state index contributed by atoms with van der Waals surface area (Å²) in [5, 5.41) is 2.89. The summed E-state index contributed by atoms with van der Waals surface area (Å²) in [4.78, 5) is 26.2. The molecule has 2 aliphatic rings. The predicted octanol–water partition coefficient (Wildman–Crippen LogP) is 2.75. The average Bonchev–Trinajstić information content (AvgIpc) is 2.80. The van der Waals surface area contributed by atoms with Gasteiger partial charge in [0.2, 0.25) is 11.8 Å². The number of carbonyl (C=O) groups is 2. The molecule has 6 heteroatoms. The largest absolute Gasteiger partial charge is 0.492 e. The SMILES string of the molecule is CCOc1cc2c(cc1NC(=O)CN1CCCCCC1=O)OC(C)C2. The monoisotopic (exact) mass is 346 g/mol. The fraction of sp³-hybridized carbons (Fsp3) is 0.579. The van der Waals surface area contributed by atoms with Crippen LogP contribution in [0.2, 0.25) is 0 Å². The van der Waals surface area contributed by atoms with Gasteiger partial charge in [-0.25, -0.2) is 0 Å². The maximum Gasteiger partial charge on any atom is 0.244 e. The van der Waals surface area contributed by atoms with Gasteiger partial charge in [0, 0.05) is 31.0 Å². The Hall–Kier alpha value is -2.24. The third-order valence-corrected chi connectivity index (χ3v) is 4.58. The van der Waals surface area contributed by atoms with Crippen LogP contribution < -0.4 is 14.8 Å². The second-order valence-corrected chi connectivity index (χ2v) is 6.70. The Bertz CT molecular complexity index is 659. The van der Waals surface area contributed by atoms with Crippen LogP contribution in [0.3, 0.4) is 0 Å². The van der Waals surface area contributed by atoms with Gasteiger partial charge in [-0.15, -0.1) is 0 Å². The number of amides is 2. The summed E-state index contributed by atoms with van der Waals surface area (Å²) in [5.74, 6) is 1.29. The summed E-state index contributed by atoms with van der Waals surface area (Å²) in [7, 11) is 0. The van der Waals surface area contributed by atoms with E-state index in [1.807, 2.05) is 26.0 Å². The average molecular weight is 346 g/mol. The number of carbonyl (C=O) groups excluding carboxylic acids is 2. The van der Waals surface area contributed by atoms with Crippen molar-refractivity contribution in [2.24, 2.45) is 0 Å². The van der Waals surface area contributed by atoms with Crippen molar-refractivity contribution in [3.8, 4) is 11.5 Å². The van der Waals surface area contributed by atoms with Crippen LogP contribution in [-0.2, 0) is 16.0 Å². The van der Waals surface area contributed by atoms with Crippen molar-refractivity contribution < 1.29 is 19.1 Å². The summed E-state index contributed by atoms with van der Waals surface area (Å²) < 4.78 is 11.5. The van der Waals surface area contributed by atoms with E-state index in [2.05, 4.69) is 5.32 Å². The van der Waals surface area contributed by atoms with E-state index in [0.29, 0.717) is 31.0 Å². The molecule has 2 aliphatic heterocycles. The smallest absolute Gasteiger partial charge is 0.244 e. The van der Waals surface area contributed by atoms with Gasteiger partial charge in [-0.2, -0.15) is 0 Å². The van der Waals surface area contributed by atoms with E-state index >= 15 is 0 Å². The van der Waals surface area contributed by atoms with Gasteiger partial charge >= 0.3 is 0 Å². The highest BCUT2D eigenvalue weighted by Crippen LogP contribution is 2.38. The van der Waals surface area contributed by atoms with E-state index in [0.717, 1.165) is 37.0 Å². The van der Waals surface area contributed by atoms with E-state index in [1.165, 1.54) is 0 Å². The molecule has 1 fully saturated rings. The lowest BCUT2D eigenvalue weighted by Crippen LogP contribution is -2.37. The van der Waals surface area contributed by atoms with Crippen LogP contribution in [0.15, 0.2) is 12.1 Å². The maximum atomic E-state index is 12.5. The van der Waals surface area contributed by atoms with E-state index in [9.17, 15) is 9.59 Å². The van der Waals surface area contributed by atoms with Gasteiger partial charge in [0.15, 0.2) is 0 Å². The van der Waals surface area contributed by atoms with E-state index in [4.69, 9.17) is 9.47 Å². The summed E-state index contributed by atoms with van der Waals surface area (Å²) >= 11 is 0. The van der Waals surface area contributed by atoms with E-state index in [-0.39, 0.29) is 24.5 Å². The minimum absolute atomic E-state index is 0.0591. The van der Waals surface area contributed by atoms with Crippen molar-refractivity contribution in [1.82, 2.24) is 4.90 Å². The van der Waals surface area contributed by atoms with Crippen molar-refractivity contribution in [2.75, 3.05) is 25.0 Å². The fourth-order valence-electron chi connectivity index (χ4n) is 3.38. The highest BCUT2D eigenvalue weighted by Gasteiger charge is 2.24. The van der Waals surface area contributed by atoms with Crippen LogP contribution in [0, 0.1) is 0 Å². The predicted molar refractivity (Wildman–Crippen MR) is 95.1 cm³/mol. The molecule has 3 rings (SSSR count). The van der Waals surface area contributed by atoms with Crippen molar-refractivity contribution in [1.29, 1.82) is 0 Å². The molecule has 0 radical (unpaired) electrons.